The van der Waals surface area contributed by atoms with Gasteiger partial charge in [0.1, 0.15) is 5.82 Å². The third-order valence-electron chi connectivity index (χ3n) is 3.80. The van der Waals surface area contributed by atoms with Crippen molar-refractivity contribution >= 4 is 5.91 Å². The fourth-order valence-electron chi connectivity index (χ4n) is 2.40. The lowest BCUT2D eigenvalue weighted by molar-refractivity contribution is 0.0951. The van der Waals surface area contributed by atoms with Gasteiger partial charge in [-0.05, 0) is 48.5 Å². The minimum atomic E-state index is -1.12. The summed E-state index contributed by atoms with van der Waals surface area (Å²) in [7, 11) is 0. The predicted octanol–water partition coefficient (Wildman–Crippen LogP) is 2.76. The Morgan fingerprint density at radius 2 is 1.70 bits per heavy atom. The molecule has 5 nitrogen and oxygen atoms in total. The zero-order chi connectivity index (χ0) is 19.4. The minimum absolute atomic E-state index is 0.0331. The molecule has 138 valence electrons. The molecule has 3 aromatic rings. The van der Waals surface area contributed by atoms with Gasteiger partial charge in [0.2, 0.25) is 0 Å². The maximum absolute atomic E-state index is 13.2. The monoisotopic (exact) mass is 373 g/mol. The van der Waals surface area contributed by atoms with Gasteiger partial charge in [-0.1, -0.05) is 0 Å². The van der Waals surface area contributed by atoms with Crippen LogP contribution in [0.2, 0.25) is 0 Å². The van der Waals surface area contributed by atoms with Crippen LogP contribution in [0.15, 0.2) is 59.4 Å². The summed E-state index contributed by atoms with van der Waals surface area (Å²) in [4.78, 5) is 23.9. The zero-order valence-electron chi connectivity index (χ0n) is 14.0. The standard InChI is InChI=1S/C19H14F3N3O2/c20-14-4-1-12(2-5-14)17-7-8-18(26)25(24-17)10-9-23-19(27)13-3-6-15(21)16(22)11-13/h1-8,11H,9-10H2,(H,23,27). The number of carbonyl (C=O) groups is 1. The Balaban J connectivity index is 1.67. The summed E-state index contributed by atoms with van der Waals surface area (Å²) in [6, 6.07) is 11.3. The molecule has 0 atom stereocenters. The van der Waals surface area contributed by atoms with Gasteiger partial charge in [0.05, 0.1) is 12.2 Å². The molecule has 0 fully saturated rings. The van der Waals surface area contributed by atoms with E-state index < -0.39 is 17.5 Å². The molecule has 2 aromatic carbocycles. The van der Waals surface area contributed by atoms with Crippen LogP contribution in [-0.4, -0.2) is 22.2 Å². The molecule has 1 amide bonds. The second-order valence-corrected chi connectivity index (χ2v) is 5.67. The molecule has 0 aliphatic heterocycles. The first kappa shape index (κ1) is 18.4. The van der Waals surface area contributed by atoms with Crippen LogP contribution >= 0.6 is 0 Å². The van der Waals surface area contributed by atoms with Crippen molar-refractivity contribution in [3.05, 3.63) is 88.0 Å². The summed E-state index contributed by atoms with van der Waals surface area (Å²) in [5.74, 6) is -3.14. The van der Waals surface area contributed by atoms with Gasteiger partial charge in [-0.3, -0.25) is 9.59 Å². The lowest BCUT2D eigenvalue weighted by Gasteiger charge is -2.09. The number of amides is 1. The summed E-state index contributed by atoms with van der Waals surface area (Å²) in [6.45, 7) is 0.126. The normalized spacial score (nSPS) is 10.6. The summed E-state index contributed by atoms with van der Waals surface area (Å²) in [5, 5.41) is 6.70. The minimum Gasteiger partial charge on any atom is -0.350 e. The van der Waals surface area contributed by atoms with Gasteiger partial charge in [-0.25, -0.2) is 17.9 Å². The smallest absolute Gasteiger partial charge is 0.266 e. The maximum atomic E-state index is 13.2. The Hall–Kier alpha value is -3.42. The van der Waals surface area contributed by atoms with E-state index in [0.29, 0.717) is 11.3 Å². The maximum Gasteiger partial charge on any atom is 0.266 e. The Morgan fingerprint density at radius 3 is 2.41 bits per heavy atom. The summed E-state index contributed by atoms with van der Waals surface area (Å²) >= 11 is 0. The number of nitrogens with one attached hydrogen (secondary N) is 1. The van der Waals surface area contributed by atoms with Crippen molar-refractivity contribution in [1.29, 1.82) is 0 Å². The van der Waals surface area contributed by atoms with Crippen LogP contribution in [0.3, 0.4) is 0 Å². The lowest BCUT2D eigenvalue weighted by Crippen LogP contribution is -2.32. The van der Waals surface area contributed by atoms with Crippen molar-refractivity contribution in [3.63, 3.8) is 0 Å². The molecule has 27 heavy (non-hydrogen) atoms. The van der Waals surface area contributed by atoms with Gasteiger partial charge in [0, 0.05) is 23.7 Å². The highest BCUT2D eigenvalue weighted by Gasteiger charge is 2.10. The fraction of sp³-hybridized carbons (Fsp3) is 0.105. The average Bonchev–Trinajstić information content (AvgIpc) is 2.66. The molecule has 1 N–H and O–H groups in total. The second kappa shape index (κ2) is 7.86. The first-order valence-corrected chi connectivity index (χ1v) is 8.01. The van der Waals surface area contributed by atoms with E-state index in [2.05, 4.69) is 10.4 Å². The van der Waals surface area contributed by atoms with E-state index in [1.807, 2.05) is 0 Å². The van der Waals surface area contributed by atoms with Crippen molar-refractivity contribution in [1.82, 2.24) is 15.1 Å². The highest BCUT2D eigenvalue weighted by atomic mass is 19.2. The van der Waals surface area contributed by atoms with Crippen LogP contribution < -0.4 is 10.9 Å². The van der Waals surface area contributed by atoms with Crippen molar-refractivity contribution in [3.8, 4) is 11.3 Å². The van der Waals surface area contributed by atoms with Crippen molar-refractivity contribution < 1.29 is 18.0 Å². The zero-order valence-corrected chi connectivity index (χ0v) is 14.0. The predicted molar refractivity (Wildman–Crippen MR) is 92.6 cm³/mol. The van der Waals surface area contributed by atoms with Crippen LogP contribution in [-0.2, 0) is 6.54 Å². The molecule has 0 radical (unpaired) electrons. The molecule has 0 unspecified atom stereocenters. The van der Waals surface area contributed by atoms with Crippen LogP contribution in [0.5, 0.6) is 0 Å². The van der Waals surface area contributed by atoms with Crippen LogP contribution in [0, 0.1) is 17.5 Å². The van der Waals surface area contributed by atoms with E-state index in [1.165, 1.54) is 36.4 Å². The third-order valence-corrected chi connectivity index (χ3v) is 3.80. The number of aromatic nitrogens is 2. The molecule has 3 rings (SSSR count). The average molecular weight is 373 g/mol. The van der Waals surface area contributed by atoms with E-state index in [9.17, 15) is 22.8 Å². The van der Waals surface area contributed by atoms with Gasteiger partial charge in [-0.2, -0.15) is 5.10 Å². The Morgan fingerprint density at radius 1 is 0.963 bits per heavy atom. The number of rotatable bonds is 5. The molecule has 0 saturated heterocycles. The topological polar surface area (TPSA) is 64.0 Å². The van der Waals surface area contributed by atoms with Gasteiger partial charge in [-0.15, -0.1) is 0 Å². The van der Waals surface area contributed by atoms with E-state index >= 15 is 0 Å². The molecular formula is C19H14F3N3O2. The molecule has 1 aromatic heterocycles. The number of hydrogen-bond acceptors (Lipinski definition) is 3. The molecule has 0 saturated carbocycles. The van der Waals surface area contributed by atoms with Gasteiger partial charge < -0.3 is 5.32 Å². The molecule has 0 bridgehead atoms. The number of carbonyl (C=O) groups excluding carboxylic acids is 1. The molecular weight excluding hydrogens is 359 g/mol. The summed E-state index contributed by atoms with van der Waals surface area (Å²) < 4.78 is 40.3. The van der Waals surface area contributed by atoms with E-state index in [-0.39, 0.29) is 30.0 Å². The van der Waals surface area contributed by atoms with Gasteiger partial charge in [0.15, 0.2) is 11.6 Å². The van der Waals surface area contributed by atoms with Crippen molar-refractivity contribution in [2.45, 2.75) is 6.54 Å². The highest BCUT2D eigenvalue weighted by molar-refractivity contribution is 5.94. The first-order valence-electron chi connectivity index (χ1n) is 8.01. The first-order chi connectivity index (χ1) is 12.9. The molecule has 0 spiro atoms. The summed E-state index contributed by atoms with van der Waals surface area (Å²) in [6.07, 6.45) is 0. The van der Waals surface area contributed by atoms with E-state index in [0.717, 1.165) is 22.9 Å². The highest BCUT2D eigenvalue weighted by Crippen LogP contribution is 2.15. The van der Waals surface area contributed by atoms with Gasteiger partial charge >= 0.3 is 0 Å². The molecule has 1 heterocycles. The van der Waals surface area contributed by atoms with E-state index in [1.54, 1.807) is 0 Å². The second-order valence-electron chi connectivity index (χ2n) is 5.67. The van der Waals surface area contributed by atoms with Crippen LogP contribution in [0.4, 0.5) is 13.2 Å². The van der Waals surface area contributed by atoms with Crippen molar-refractivity contribution in [2.24, 2.45) is 0 Å². The SMILES string of the molecule is O=C(NCCn1nc(-c2ccc(F)cc2)ccc1=O)c1ccc(F)c(F)c1. The lowest BCUT2D eigenvalue weighted by atomic mass is 10.1. The third kappa shape index (κ3) is 4.41. The number of halogens is 3. The number of hydrogen-bond donors (Lipinski definition) is 1. The molecule has 0 aliphatic rings. The van der Waals surface area contributed by atoms with Gasteiger partial charge in [0.25, 0.3) is 11.5 Å². The Bertz CT molecular complexity index is 1030. The van der Waals surface area contributed by atoms with Crippen LogP contribution in [0.1, 0.15) is 10.4 Å². The summed E-state index contributed by atoms with van der Waals surface area (Å²) in [5.41, 5.74) is 0.703. The number of nitrogens with zero attached hydrogens (tertiary/aromatic N) is 2. The van der Waals surface area contributed by atoms with Crippen molar-refractivity contribution in [2.75, 3.05) is 6.54 Å². The fourth-order valence-corrected chi connectivity index (χ4v) is 2.40. The molecule has 8 heteroatoms. The Kier molecular flexibility index (Phi) is 5.35. The Labute approximate surface area is 152 Å². The molecule has 0 aliphatic carbocycles. The number of benzene rings is 2. The quantitative estimate of drug-likeness (QED) is 0.748. The largest absolute Gasteiger partial charge is 0.350 e. The van der Waals surface area contributed by atoms with E-state index in [4.69, 9.17) is 0 Å². The van der Waals surface area contributed by atoms with Crippen LogP contribution in [0.25, 0.3) is 11.3 Å².